The van der Waals surface area contributed by atoms with Gasteiger partial charge in [0.2, 0.25) is 0 Å². The second-order valence-corrected chi connectivity index (χ2v) is 7.27. The summed E-state index contributed by atoms with van der Waals surface area (Å²) < 4.78 is 0. The van der Waals surface area contributed by atoms with Crippen LogP contribution in [0.2, 0.25) is 0 Å². The summed E-state index contributed by atoms with van der Waals surface area (Å²) >= 11 is 0. The van der Waals surface area contributed by atoms with Crippen LogP contribution in [0.3, 0.4) is 0 Å². The van der Waals surface area contributed by atoms with Crippen LogP contribution in [0.1, 0.15) is 70.6 Å². The molecule has 2 N–H and O–H groups in total. The first-order valence-electron chi connectivity index (χ1n) is 8.84. The van der Waals surface area contributed by atoms with Crippen molar-refractivity contribution in [3.05, 3.63) is 0 Å². The second-order valence-electron chi connectivity index (χ2n) is 7.27. The van der Waals surface area contributed by atoms with Crippen LogP contribution in [0.25, 0.3) is 0 Å². The normalized spacial score (nSPS) is 35.2. The SMILES string of the molecule is NCC(CC1CCCCC1)N1CCCC2CCCC21. The van der Waals surface area contributed by atoms with Crippen LogP contribution in [-0.2, 0) is 0 Å². The Morgan fingerprint density at radius 2 is 1.68 bits per heavy atom. The van der Waals surface area contributed by atoms with E-state index >= 15 is 0 Å². The third-order valence-electron chi connectivity index (χ3n) is 6.11. The molecule has 0 aromatic rings. The molecule has 3 aliphatic rings. The summed E-state index contributed by atoms with van der Waals surface area (Å²) in [6, 6.07) is 1.58. The Hall–Kier alpha value is -0.0800. The standard InChI is InChI=1S/C17H32N2/c18-13-16(12-14-6-2-1-3-7-14)19-11-5-9-15-8-4-10-17(15)19/h14-17H,1-13,18H2. The summed E-state index contributed by atoms with van der Waals surface area (Å²) in [5.41, 5.74) is 6.16. The van der Waals surface area contributed by atoms with Gasteiger partial charge in [-0.15, -0.1) is 0 Å². The van der Waals surface area contributed by atoms with Gasteiger partial charge in [0.1, 0.15) is 0 Å². The van der Waals surface area contributed by atoms with Gasteiger partial charge in [0.15, 0.2) is 0 Å². The van der Waals surface area contributed by atoms with Gasteiger partial charge in [-0.2, -0.15) is 0 Å². The highest BCUT2D eigenvalue weighted by atomic mass is 15.2. The van der Waals surface area contributed by atoms with E-state index in [0.717, 1.165) is 24.4 Å². The number of likely N-dealkylation sites (tertiary alicyclic amines) is 1. The van der Waals surface area contributed by atoms with Gasteiger partial charge >= 0.3 is 0 Å². The molecule has 3 atom stereocenters. The fourth-order valence-corrected chi connectivity index (χ4v) is 5.12. The van der Waals surface area contributed by atoms with Gasteiger partial charge in [-0.05, 0) is 50.5 Å². The first kappa shape index (κ1) is 13.9. The van der Waals surface area contributed by atoms with Crippen LogP contribution in [-0.4, -0.2) is 30.1 Å². The Morgan fingerprint density at radius 3 is 2.47 bits per heavy atom. The molecule has 0 bridgehead atoms. The van der Waals surface area contributed by atoms with Crippen molar-refractivity contribution in [2.24, 2.45) is 17.6 Å². The third kappa shape index (κ3) is 3.16. The molecule has 0 aromatic heterocycles. The monoisotopic (exact) mass is 264 g/mol. The summed E-state index contributed by atoms with van der Waals surface area (Å²) in [6.45, 7) is 2.22. The molecule has 2 nitrogen and oxygen atoms in total. The van der Waals surface area contributed by atoms with Crippen molar-refractivity contribution in [1.29, 1.82) is 0 Å². The summed E-state index contributed by atoms with van der Waals surface area (Å²) in [6.07, 6.45) is 16.0. The summed E-state index contributed by atoms with van der Waals surface area (Å²) in [5, 5.41) is 0. The average molecular weight is 264 g/mol. The van der Waals surface area contributed by atoms with E-state index in [4.69, 9.17) is 5.73 Å². The van der Waals surface area contributed by atoms with E-state index in [9.17, 15) is 0 Å². The maximum absolute atomic E-state index is 6.16. The summed E-state index contributed by atoms with van der Waals surface area (Å²) in [5.74, 6) is 1.98. The number of nitrogens with two attached hydrogens (primary N) is 1. The minimum Gasteiger partial charge on any atom is -0.329 e. The molecule has 3 unspecified atom stereocenters. The number of rotatable bonds is 4. The Kier molecular flexibility index (Phi) is 4.81. The molecule has 3 rings (SSSR count). The molecular weight excluding hydrogens is 232 g/mol. The maximum Gasteiger partial charge on any atom is 0.0224 e. The predicted molar refractivity (Wildman–Crippen MR) is 81.1 cm³/mol. The highest BCUT2D eigenvalue weighted by Crippen LogP contribution is 2.39. The van der Waals surface area contributed by atoms with Crippen molar-refractivity contribution < 1.29 is 0 Å². The van der Waals surface area contributed by atoms with E-state index in [2.05, 4.69) is 4.90 Å². The number of hydrogen-bond acceptors (Lipinski definition) is 2. The molecule has 0 aromatic carbocycles. The quantitative estimate of drug-likeness (QED) is 0.841. The third-order valence-corrected chi connectivity index (χ3v) is 6.11. The molecule has 110 valence electrons. The van der Waals surface area contributed by atoms with Gasteiger partial charge in [0, 0.05) is 18.6 Å². The number of piperidine rings is 1. The van der Waals surface area contributed by atoms with E-state index < -0.39 is 0 Å². The number of hydrogen-bond donors (Lipinski definition) is 1. The van der Waals surface area contributed by atoms with Crippen LogP contribution >= 0.6 is 0 Å². The molecule has 0 amide bonds. The lowest BCUT2D eigenvalue weighted by atomic mass is 9.83. The van der Waals surface area contributed by atoms with Crippen molar-refractivity contribution in [2.45, 2.75) is 82.7 Å². The fourth-order valence-electron chi connectivity index (χ4n) is 5.12. The van der Waals surface area contributed by atoms with E-state index in [-0.39, 0.29) is 0 Å². The lowest BCUT2D eigenvalue weighted by Crippen LogP contribution is -2.51. The van der Waals surface area contributed by atoms with Gasteiger partial charge in [-0.1, -0.05) is 38.5 Å². The van der Waals surface area contributed by atoms with Crippen molar-refractivity contribution in [2.75, 3.05) is 13.1 Å². The van der Waals surface area contributed by atoms with E-state index in [1.165, 1.54) is 77.2 Å². The average Bonchev–Trinajstić information content (AvgIpc) is 2.94. The van der Waals surface area contributed by atoms with E-state index in [1.807, 2.05) is 0 Å². The zero-order valence-corrected chi connectivity index (χ0v) is 12.5. The van der Waals surface area contributed by atoms with Crippen molar-refractivity contribution in [3.8, 4) is 0 Å². The minimum absolute atomic E-state index is 0.689. The molecule has 3 fully saturated rings. The van der Waals surface area contributed by atoms with E-state index in [1.54, 1.807) is 0 Å². The minimum atomic E-state index is 0.689. The predicted octanol–water partition coefficient (Wildman–Crippen LogP) is 3.55. The molecule has 1 heterocycles. The summed E-state index contributed by atoms with van der Waals surface area (Å²) in [7, 11) is 0. The van der Waals surface area contributed by atoms with Crippen LogP contribution in [0.5, 0.6) is 0 Å². The zero-order valence-electron chi connectivity index (χ0n) is 12.5. The van der Waals surface area contributed by atoms with Crippen LogP contribution < -0.4 is 5.73 Å². The number of fused-ring (bicyclic) bond motifs is 1. The molecule has 0 spiro atoms. The molecule has 1 aliphatic heterocycles. The lowest BCUT2D eigenvalue weighted by molar-refractivity contribution is 0.0556. The topological polar surface area (TPSA) is 29.3 Å². The first-order chi connectivity index (χ1) is 9.38. The Morgan fingerprint density at radius 1 is 0.895 bits per heavy atom. The number of nitrogens with zero attached hydrogens (tertiary/aromatic N) is 1. The van der Waals surface area contributed by atoms with Gasteiger partial charge in [0.05, 0.1) is 0 Å². The molecule has 1 saturated heterocycles. The van der Waals surface area contributed by atoms with Gasteiger partial charge in [0.25, 0.3) is 0 Å². The smallest absolute Gasteiger partial charge is 0.0224 e. The first-order valence-corrected chi connectivity index (χ1v) is 8.84. The lowest BCUT2D eigenvalue weighted by Gasteiger charge is -2.44. The van der Waals surface area contributed by atoms with Crippen LogP contribution in [0, 0.1) is 11.8 Å². The Bertz CT molecular complexity index is 272. The van der Waals surface area contributed by atoms with Gasteiger partial charge in [-0.25, -0.2) is 0 Å². The fraction of sp³-hybridized carbons (Fsp3) is 1.00. The Balaban J connectivity index is 1.60. The van der Waals surface area contributed by atoms with Crippen LogP contribution in [0.15, 0.2) is 0 Å². The molecule has 0 radical (unpaired) electrons. The van der Waals surface area contributed by atoms with Gasteiger partial charge in [-0.3, -0.25) is 4.90 Å². The van der Waals surface area contributed by atoms with E-state index in [0.29, 0.717) is 6.04 Å². The largest absolute Gasteiger partial charge is 0.329 e. The molecular formula is C17H32N2. The molecule has 2 heteroatoms. The zero-order chi connectivity index (χ0) is 13.1. The molecule has 2 aliphatic carbocycles. The maximum atomic E-state index is 6.16. The second kappa shape index (κ2) is 6.58. The highest BCUT2D eigenvalue weighted by molar-refractivity contribution is 4.93. The molecule has 2 saturated carbocycles. The van der Waals surface area contributed by atoms with Crippen molar-refractivity contribution >= 4 is 0 Å². The van der Waals surface area contributed by atoms with Crippen molar-refractivity contribution in [1.82, 2.24) is 4.90 Å². The molecule has 19 heavy (non-hydrogen) atoms. The highest BCUT2D eigenvalue weighted by Gasteiger charge is 2.38. The summed E-state index contributed by atoms with van der Waals surface area (Å²) in [4.78, 5) is 2.84. The van der Waals surface area contributed by atoms with Gasteiger partial charge < -0.3 is 5.73 Å². The Labute approximate surface area is 119 Å². The van der Waals surface area contributed by atoms with Crippen molar-refractivity contribution in [3.63, 3.8) is 0 Å². The van der Waals surface area contributed by atoms with Crippen LogP contribution in [0.4, 0.5) is 0 Å².